The Morgan fingerprint density at radius 1 is 1.19 bits per heavy atom. The third-order valence-electron chi connectivity index (χ3n) is 7.38. The molecule has 3 fully saturated rings. The number of nitro benzene ring substituents is 1. The minimum atomic E-state index is -1.05. The van der Waals surface area contributed by atoms with Crippen LogP contribution in [0.3, 0.4) is 0 Å². The van der Waals surface area contributed by atoms with Gasteiger partial charge in [0, 0.05) is 12.1 Å². The van der Waals surface area contributed by atoms with Gasteiger partial charge in [0.25, 0.3) is 5.69 Å². The quantitative estimate of drug-likeness (QED) is 0.312. The van der Waals surface area contributed by atoms with Crippen LogP contribution in [0.2, 0.25) is 0 Å². The van der Waals surface area contributed by atoms with Gasteiger partial charge in [-0.1, -0.05) is 12.5 Å². The summed E-state index contributed by atoms with van der Waals surface area (Å²) < 4.78 is 0. The lowest BCUT2D eigenvalue weighted by atomic mass is 9.83. The number of rotatable bonds is 6. The lowest BCUT2D eigenvalue weighted by molar-refractivity contribution is -0.384. The Morgan fingerprint density at radius 3 is 2.50 bits per heavy atom. The van der Waals surface area contributed by atoms with Gasteiger partial charge in [0.05, 0.1) is 4.92 Å². The molecule has 1 aliphatic heterocycles. The number of benzene rings is 1. The number of hydrogen-bond donors (Lipinski definition) is 1. The Bertz CT molecular complexity index is 1040. The number of aryl methyl sites for hydroxylation is 1. The first-order valence-electron chi connectivity index (χ1n) is 10.8. The molecule has 5 amide bonds. The predicted octanol–water partition coefficient (Wildman–Crippen LogP) is 2.77. The van der Waals surface area contributed by atoms with E-state index in [9.17, 15) is 29.3 Å². The highest BCUT2D eigenvalue weighted by Crippen LogP contribution is 2.50. The number of anilines is 1. The second kappa shape index (κ2) is 7.99. The Morgan fingerprint density at radius 2 is 1.91 bits per heavy atom. The molecule has 0 radical (unpaired) electrons. The molecule has 10 heteroatoms. The van der Waals surface area contributed by atoms with Crippen LogP contribution in [0.1, 0.15) is 43.7 Å². The van der Waals surface area contributed by atoms with E-state index in [1.54, 1.807) is 26.8 Å². The van der Waals surface area contributed by atoms with Crippen LogP contribution in [0, 0.1) is 41.7 Å². The molecule has 170 valence electrons. The van der Waals surface area contributed by atoms with Crippen molar-refractivity contribution in [1.29, 1.82) is 0 Å². The average molecular weight is 442 g/mol. The highest BCUT2D eigenvalue weighted by atomic mass is 16.6. The predicted molar refractivity (Wildman–Crippen MR) is 114 cm³/mol. The summed E-state index contributed by atoms with van der Waals surface area (Å²) >= 11 is 0. The van der Waals surface area contributed by atoms with E-state index in [-0.39, 0.29) is 17.3 Å². The van der Waals surface area contributed by atoms with Crippen LogP contribution in [0.15, 0.2) is 12.1 Å². The van der Waals surface area contributed by atoms with Gasteiger partial charge in [-0.15, -0.1) is 0 Å². The molecular weight excluding hydrogens is 416 g/mol. The first kappa shape index (κ1) is 21.9. The SMILES string of the molecule is Cc1ccc([N+](=O)[O-])c(NC(=O)CN2C(=O)C(=O)N([C@@H](C)[C@@H]3C[C@H]4CC[C@H]3C4)C2=O)c1C. The smallest absolute Gasteiger partial charge is 0.319 e. The minimum absolute atomic E-state index is 0.0117. The monoisotopic (exact) mass is 442 g/mol. The lowest BCUT2D eigenvalue weighted by Crippen LogP contribution is -2.45. The zero-order valence-corrected chi connectivity index (χ0v) is 18.3. The number of hydrogen-bond acceptors (Lipinski definition) is 6. The van der Waals surface area contributed by atoms with Crippen LogP contribution in [0.4, 0.5) is 16.2 Å². The third-order valence-corrected chi connectivity index (χ3v) is 7.38. The summed E-state index contributed by atoms with van der Waals surface area (Å²) in [6.07, 6.45) is 4.28. The van der Waals surface area contributed by atoms with Crippen LogP contribution in [-0.2, 0) is 14.4 Å². The van der Waals surface area contributed by atoms with Crippen molar-refractivity contribution in [3.8, 4) is 0 Å². The van der Waals surface area contributed by atoms with Gasteiger partial charge in [-0.2, -0.15) is 0 Å². The minimum Gasteiger partial charge on any atom is -0.319 e. The van der Waals surface area contributed by atoms with Crippen LogP contribution < -0.4 is 5.32 Å². The number of carbonyl (C=O) groups excluding carboxylic acids is 4. The van der Waals surface area contributed by atoms with Crippen molar-refractivity contribution in [2.45, 2.75) is 52.5 Å². The van der Waals surface area contributed by atoms with Crippen molar-refractivity contribution in [3.05, 3.63) is 33.4 Å². The van der Waals surface area contributed by atoms with Gasteiger partial charge in [0.2, 0.25) is 5.91 Å². The molecule has 2 saturated carbocycles. The molecule has 4 atom stereocenters. The van der Waals surface area contributed by atoms with E-state index in [0.717, 1.165) is 29.7 Å². The van der Waals surface area contributed by atoms with Gasteiger partial charge in [0.15, 0.2) is 0 Å². The number of nitrogens with one attached hydrogen (secondary N) is 1. The van der Waals surface area contributed by atoms with Crippen molar-refractivity contribution < 1.29 is 24.1 Å². The van der Waals surface area contributed by atoms with E-state index in [0.29, 0.717) is 22.3 Å². The van der Waals surface area contributed by atoms with Gasteiger partial charge in [0.1, 0.15) is 12.2 Å². The molecule has 1 heterocycles. The van der Waals surface area contributed by atoms with Crippen molar-refractivity contribution in [3.63, 3.8) is 0 Å². The molecule has 32 heavy (non-hydrogen) atoms. The molecule has 3 aliphatic rings. The van der Waals surface area contributed by atoms with E-state index in [4.69, 9.17) is 0 Å². The van der Waals surface area contributed by atoms with E-state index in [1.807, 2.05) is 0 Å². The van der Waals surface area contributed by atoms with Crippen LogP contribution in [0.5, 0.6) is 0 Å². The molecule has 1 N–H and O–H groups in total. The van der Waals surface area contributed by atoms with Crippen molar-refractivity contribution in [2.75, 3.05) is 11.9 Å². The Balaban J connectivity index is 1.49. The van der Waals surface area contributed by atoms with Crippen LogP contribution in [-0.4, -0.2) is 51.1 Å². The molecule has 0 spiro atoms. The van der Waals surface area contributed by atoms with Crippen molar-refractivity contribution in [2.24, 2.45) is 17.8 Å². The maximum Gasteiger partial charge on any atom is 0.334 e. The summed E-state index contributed by atoms with van der Waals surface area (Å²) in [5, 5.41) is 13.8. The number of fused-ring (bicyclic) bond motifs is 2. The Hall–Kier alpha value is -3.30. The topological polar surface area (TPSA) is 130 Å². The van der Waals surface area contributed by atoms with Gasteiger partial charge < -0.3 is 5.32 Å². The fourth-order valence-corrected chi connectivity index (χ4v) is 5.53. The maximum absolute atomic E-state index is 12.9. The average Bonchev–Trinajstić information content (AvgIpc) is 3.42. The normalized spacial score (nSPS) is 25.6. The standard InChI is InChI=1S/C22H26N4O6/c1-11-4-7-17(26(31)32)19(12(11)2)23-18(27)10-24-20(28)21(29)25(22(24)30)13(3)16-9-14-5-6-15(16)8-14/h4,7,13-16H,5-6,8-10H2,1-3H3,(H,23,27)/t13-,14-,15-,16-/m0/s1. The summed E-state index contributed by atoms with van der Waals surface area (Å²) in [5.41, 5.74) is 0.968. The van der Waals surface area contributed by atoms with E-state index < -0.39 is 41.3 Å². The molecule has 10 nitrogen and oxygen atoms in total. The van der Waals surface area contributed by atoms with Crippen molar-refractivity contribution >= 4 is 35.1 Å². The van der Waals surface area contributed by atoms with E-state index >= 15 is 0 Å². The maximum atomic E-state index is 12.9. The highest BCUT2D eigenvalue weighted by Gasteiger charge is 2.52. The molecule has 0 aromatic heterocycles. The van der Waals surface area contributed by atoms with Crippen molar-refractivity contribution in [1.82, 2.24) is 9.80 Å². The van der Waals surface area contributed by atoms with Gasteiger partial charge in [-0.3, -0.25) is 29.4 Å². The number of nitrogens with zero attached hydrogens (tertiary/aromatic N) is 3. The van der Waals surface area contributed by atoms with Gasteiger partial charge in [-0.25, -0.2) is 9.69 Å². The molecule has 0 unspecified atom stereocenters. The summed E-state index contributed by atoms with van der Waals surface area (Å²) in [6.45, 7) is 4.48. The number of nitro groups is 1. The highest BCUT2D eigenvalue weighted by molar-refractivity contribution is 6.45. The first-order chi connectivity index (χ1) is 15.1. The molecule has 1 aromatic carbocycles. The summed E-state index contributed by atoms with van der Waals surface area (Å²) in [7, 11) is 0. The lowest BCUT2D eigenvalue weighted by Gasteiger charge is -2.32. The zero-order chi connectivity index (χ0) is 23.3. The van der Waals surface area contributed by atoms with Gasteiger partial charge in [-0.05, 0) is 68.9 Å². The number of imide groups is 2. The fraction of sp³-hybridized carbons (Fsp3) is 0.545. The first-order valence-corrected chi connectivity index (χ1v) is 10.8. The second-order valence-electron chi connectivity index (χ2n) is 9.14. The van der Waals surface area contributed by atoms with Gasteiger partial charge >= 0.3 is 17.8 Å². The molecule has 2 bridgehead atoms. The van der Waals surface area contributed by atoms with E-state index in [2.05, 4.69) is 5.32 Å². The van der Waals surface area contributed by atoms with E-state index in [1.165, 1.54) is 12.5 Å². The molecule has 2 aliphatic carbocycles. The molecule has 1 saturated heterocycles. The Kier molecular flexibility index (Phi) is 5.47. The molecule has 1 aromatic rings. The second-order valence-corrected chi connectivity index (χ2v) is 9.14. The summed E-state index contributed by atoms with van der Waals surface area (Å²) in [6, 6.07) is 1.64. The summed E-state index contributed by atoms with van der Waals surface area (Å²) in [5.74, 6) is -1.52. The summed E-state index contributed by atoms with van der Waals surface area (Å²) in [4.78, 5) is 63.0. The largest absolute Gasteiger partial charge is 0.334 e. The Labute approximate surface area is 185 Å². The zero-order valence-electron chi connectivity index (χ0n) is 18.3. The molecule has 4 rings (SSSR count). The fourth-order valence-electron chi connectivity index (χ4n) is 5.53. The number of urea groups is 1. The van der Waals surface area contributed by atoms with Crippen LogP contribution in [0.25, 0.3) is 0 Å². The number of carbonyl (C=O) groups is 4. The molecular formula is C22H26N4O6. The van der Waals surface area contributed by atoms with Crippen LogP contribution >= 0.6 is 0 Å². The number of amides is 5. The third kappa shape index (κ3) is 3.53.